The fourth-order valence-electron chi connectivity index (χ4n) is 2.39. The van der Waals surface area contributed by atoms with E-state index in [9.17, 15) is 0 Å². The molecule has 2 saturated carbocycles. The lowest BCUT2D eigenvalue weighted by molar-refractivity contribution is 0.674. The Morgan fingerprint density at radius 1 is 1.35 bits per heavy atom. The Morgan fingerprint density at radius 2 is 2.18 bits per heavy atom. The summed E-state index contributed by atoms with van der Waals surface area (Å²) in [7, 11) is 0. The Hall–Kier alpha value is -0.930. The van der Waals surface area contributed by atoms with Crippen molar-refractivity contribution in [3.63, 3.8) is 0 Å². The molecule has 2 fully saturated rings. The normalized spacial score (nSPS) is 21.9. The first-order chi connectivity index (χ1) is 8.23. The number of nitrogens with two attached hydrogens (primary N) is 1. The molecule has 2 nitrogen and oxygen atoms in total. The lowest BCUT2D eigenvalue weighted by Crippen LogP contribution is -2.24. The van der Waals surface area contributed by atoms with Crippen LogP contribution in [0, 0.1) is 0 Å². The Kier molecular flexibility index (Phi) is 1.95. The van der Waals surface area contributed by atoms with Crippen LogP contribution in [0.2, 0.25) is 0 Å². The highest BCUT2D eigenvalue weighted by Gasteiger charge is 2.38. The van der Waals surface area contributed by atoms with E-state index in [2.05, 4.69) is 18.2 Å². The van der Waals surface area contributed by atoms with Gasteiger partial charge in [-0.15, -0.1) is 11.3 Å². The highest BCUT2D eigenvalue weighted by molar-refractivity contribution is 7.18. The minimum atomic E-state index is 0.0810. The Balaban J connectivity index is 1.79. The van der Waals surface area contributed by atoms with Gasteiger partial charge in [-0.1, -0.05) is 12.1 Å². The Bertz CT molecular complexity index is 579. The van der Waals surface area contributed by atoms with Gasteiger partial charge in [0.15, 0.2) is 0 Å². The van der Waals surface area contributed by atoms with Crippen molar-refractivity contribution in [1.29, 1.82) is 0 Å². The van der Waals surface area contributed by atoms with Gasteiger partial charge in [0, 0.05) is 11.5 Å². The maximum atomic E-state index is 6.22. The summed E-state index contributed by atoms with van der Waals surface area (Å²) in [5, 5.41) is 1.34. The molecule has 0 atom stereocenters. The van der Waals surface area contributed by atoms with Gasteiger partial charge in [0.1, 0.15) is 0 Å². The number of thiazole rings is 1. The van der Waals surface area contributed by atoms with Crippen LogP contribution in [0.3, 0.4) is 0 Å². The molecule has 3 heteroatoms. The van der Waals surface area contributed by atoms with Crippen LogP contribution >= 0.6 is 11.3 Å². The van der Waals surface area contributed by atoms with Gasteiger partial charge < -0.3 is 5.73 Å². The third-order valence-corrected chi connectivity index (χ3v) is 5.06. The zero-order valence-electron chi connectivity index (χ0n) is 9.78. The molecule has 2 aliphatic rings. The third kappa shape index (κ3) is 1.78. The van der Waals surface area contributed by atoms with Crippen molar-refractivity contribution in [1.82, 2.24) is 4.98 Å². The zero-order chi connectivity index (χ0) is 11.5. The van der Waals surface area contributed by atoms with E-state index in [4.69, 9.17) is 10.7 Å². The van der Waals surface area contributed by atoms with Gasteiger partial charge in [0.05, 0.1) is 15.2 Å². The van der Waals surface area contributed by atoms with E-state index in [1.807, 2.05) is 11.3 Å². The van der Waals surface area contributed by atoms with Gasteiger partial charge in [-0.25, -0.2) is 4.98 Å². The molecule has 2 aliphatic carbocycles. The predicted molar refractivity (Wildman–Crippen MR) is 71.5 cm³/mol. The third-order valence-electron chi connectivity index (χ3n) is 3.88. The van der Waals surface area contributed by atoms with Gasteiger partial charge >= 0.3 is 0 Å². The summed E-state index contributed by atoms with van der Waals surface area (Å²) in [6.07, 6.45) is 6.00. The summed E-state index contributed by atoms with van der Waals surface area (Å²) in [5.41, 5.74) is 8.88. The van der Waals surface area contributed by atoms with E-state index in [1.54, 1.807) is 0 Å². The fourth-order valence-corrected chi connectivity index (χ4v) is 3.57. The van der Waals surface area contributed by atoms with Crippen molar-refractivity contribution in [2.75, 3.05) is 0 Å². The molecule has 0 amide bonds. The van der Waals surface area contributed by atoms with Gasteiger partial charge in [0.2, 0.25) is 0 Å². The van der Waals surface area contributed by atoms with E-state index in [-0.39, 0.29) is 5.54 Å². The van der Waals surface area contributed by atoms with E-state index in [1.165, 1.54) is 46.5 Å². The average molecular weight is 244 g/mol. The predicted octanol–water partition coefficient (Wildman–Crippen LogP) is 3.21. The summed E-state index contributed by atoms with van der Waals surface area (Å²) in [5.74, 6) is 0.757. The number of para-hydroxylation sites is 1. The minimum Gasteiger partial charge on any atom is -0.325 e. The van der Waals surface area contributed by atoms with Crippen molar-refractivity contribution in [3.05, 3.63) is 28.8 Å². The smallest absolute Gasteiger partial charge is 0.0969 e. The zero-order valence-corrected chi connectivity index (χ0v) is 10.6. The summed E-state index contributed by atoms with van der Waals surface area (Å²) >= 11 is 1.88. The summed E-state index contributed by atoms with van der Waals surface area (Å²) in [4.78, 5) is 4.85. The lowest BCUT2D eigenvalue weighted by atomic mass is 10.0. The molecule has 2 N–H and O–H groups in total. The molecule has 0 spiro atoms. The van der Waals surface area contributed by atoms with Gasteiger partial charge in [-0.05, 0) is 43.7 Å². The number of fused-ring (bicyclic) bond motifs is 1. The van der Waals surface area contributed by atoms with Crippen molar-refractivity contribution in [2.45, 2.75) is 43.6 Å². The number of aromatic nitrogens is 1. The molecule has 0 radical (unpaired) electrons. The second-order valence-electron chi connectivity index (χ2n) is 5.63. The first-order valence-corrected chi connectivity index (χ1v) is 7.22. The highest BCUT2D eigenvalue weighted by Crippen LogP contribution is 2.44. The van der Waals surface area contributed by atoms with E-state index in [0.717, 1.165) is 12.3 Å². The monoisotopic (exact) mass is 244 g/mol. The molecule has 2 aromatic rings. The van der Waals surface area contributed by atoms with Crippen molar-refractivity contribution < 1.29 is 0 Å². The molecule has 0 saturated heterocycles. The van der Waals surface area contributed by atoms with E-state index >= 15 is 0 Å². The highest BCUT2D eigenvalue weighted by atomic mass is 32.1. The lowest BCUT2D eigenvalue weighted by Gasteiger charge is -2.08. The van der Waals surface area contributed by atoms with Crippen LogP contribution in [0.15, 0.2) is 18.2 Å². The molecule has 17 heavy (non-hydrogen) atoms. The molecule has 0 unspecified atom stereocenters. The topological polar surface area (TPSA) is 38.9 Å². The number of hydrogen-bond donors (Lipinski definition) is 1. The van der Waals surface area contributed by atoms with Crippen LogP contribution in [-0.2, 0) is 6.42 Å². The van der Waals surface area contributed by atoms with Gasteiger partial charge in [-0.2, -0.15) is 0 Å². The molecule has 0 bridgehead atoms. The standard InChI is InChI=1S/C14H16N2S/c15-14(6-7-14)8-10-2-1-3-11-12(10)16-13(17-11)9-4-5-9/h1-3,9H,4-8,15H2. The van der Waals surface area contributed by atoms with Gasteiger partial charge in [-0.3, -0.25) is 0 Å². The summed E-state index contributed by atoms with van der Waals surface area (Å²) < 4.78 is 1.34. The van der Waals surface area contributed by atoms with Crippen molar-refractivity contribution in [3.8, 4) is 0 Å². The van der Waals surface area contributed by atoms with Crippen LogP contribution in [0.1, 0.15) is 42.2 Å². The first kappa shape index (κ1) is 10.0. The van der Waals surface area contributed by atoms with Crippen LogP contribution in [0.25, 0.3) is 10.2 Å². The fraction of sp³-hybridized carbons (Fsp3) is 0.500. The number of rotatable bonds is 3. The van der Waals surface area contributed by atoms with Crippen LogP contribution < -0.4 is 5.73 Å². The number of benzene rings is 1. The van der Waals surface area contributed by atoms with E-state index < -0.39 is 0 Å². The number of nitrogens with zero attached hydrogens (tertiary/aromatic N) is 1. The van der Waals surface area contributed by atoms with Crippen LogP contribution in [0.5, 0.6) is 0 Å². The molecule has 1 aromatic heterocycles. The molecular weight excluding hydrogens is 228 g/mol. The molecule has 1 aromatic carbocycles. The average Bonchev–Trinajstić information content (AvgIpc) is 3.22. The molecule has 4 rings (SSSR count). The van der Waals surface area contributed by atoms with Crippen molar-refractivity contribution in [2.24, 2.45) is 5.73 Å². The van der Waals surface area contributed by atoms with Crippen LogP contribution in [0.4, 0.5) is 0 Å². The molecule has 88 valence electrons. The van der Waals surface area contributed by atoms with Crippen molar-refractivity contribution >= 4 is 21.6 Å². The van der Waals surface area contributed by atoms with Gasteiger partial charge in [0.25, 0.3) is 0 Å². The SMILES string of the molecule is NC1(Cc2cccc3sc(C4CC4)nc23)CC1. The Labute approximate surface area is 105 Å². The summed E-state index contributed by atoms with van der Waals surface area (Å²) in [6, 6.07) is 6.54. The maximum Gasteiger partial charge on any atom is 0.0969 e. The maximum absolute atomic E-state index is 6.22. The Morgan fingerprint density at radius 3 is 2.88 bits per heavy atom. The quantitative estimate of drug-likeness (QED) is 0.900. The second kappa shape index (κ2) is 3.30. The summed E-state index contributed by atoms with van der Waals surface area (Å²) in [6.45, 7) is 0. The molecule has 0 aliphatic heterocycles. The number of hydrogen-bond acceptors (Lipinski definition) is 3. The van der Waals surface area contributed by atoms with Crippen LogP contribution in [-0.4, -0.2) is 10.5 Å². The largest absolute Gasteiger partial charge is 0.325 e. The second-order valence-corrected chi connectivity index (χ2v) is 6.69. The van der Waals surface area contributed by atoms with E-state index in [0.29, 0.717) is 0 Å². The minimum absolute atomic E-state index is 0.0810. The molecule has 1 heterocycles. The molecular formula is C14H16N2S. The first-order valence-electron chi connectivity index (χ1n) is 6.41.